The lowest BCUT2D eigenvalue weighted by Gasteiger charge is -2.28. The number of allylic oxidation sites excluding steroid dienone is 2. The zero-order valence-corrected chi connectivity index (χ0v) is 12.0. The highest BCUT2D eigenvalue weighted by molar-refractivity contribution is 8.03. The van der Waals surface area contributed by atoms with Gasteiger partial charge in [-0.05, 0) is 38.5 Å². The molecule has 1 fully saturated rings. The Kier molecular flexibility index (Phi) is 3.02. The topological polar surface area (TPSA) is 42.7 Å². The Balaban J connectivity index is 1.63. The van der Waals surface area contributed by atoms with Crippen molar-refractivity contribution in [3.63, 3.8) is 0 Å². The second-order valence-electron chi connectivity index (χ2n) is 5.83. The summed E-state index contributed by atoms with van der Waals surface area (Å²) >= 11 is 1.83. The molecular formula is C14H20N4S. The van der Waals surface area contributed by atoms with Crippen LogP contribution in [0.2, 0.25) is 0 Å². The number of hydrogen-bond donors (Lipinski definition) is 1. The third kappa shape index (κ3) is 2.08. The van der Waals surface area contributed by atoms with Gasteiger partial charge in [0.25, 0.3) is 0 Å². The van der Waals surface area contributed by atoms with Crippen LogP contribution in [0.1, 0.15) is 69.5 Å². The van der Waals surface area contributed by atoms with E-state index in [0.29, 0.717) is 5.92 Å². The molecule has 1 aliphatic heterocycles. The van der Waals surface area contributed by atoms with E-state index >= 15 is 0 Å². The molecule has 0 radical (unpaired) electrons. The molecule has 102 valence electrons. The summed E-state index contributed by atoms with van der Waals surface area (Å²) in [6.07, 6.45) is 11.6. The maximum absolute atomic E-state index is 4.48. The molecule has 2 heterocycles. The standard InChI is InChI=1S/C14H20N4S/c1-2-6-10(7-3-1)13-15-16-14-18(13)17-11-8-4-5-9-12(11)19-14/h10,17H,1-9H2. The molecule has 0 unspecified atom stereocenters. The van der Waals surface area contributed by atoms with Crippen LogP contribution in [-0.4, -0.2) is 14.9 Å². The molecule has 0 atom stereocenters. The highest BCUT2D eigenvalue weighted by Crippen LogP contribution is 2.41. The lowest BCUT2D eigenvalue weighted by molar-refractivity contribution is 0.419. The molecule has 4 rings (SSSR count). The monoisotopic (exact) mass is 276 g/mol. The number of thioether (sulfide) groups is 1. The summed E-state index contributed by atoms with van der Waals surface area (Å²) in [5.41, 5.74) is 5.01. The van der Waals surface area contributed by atoms with Crippen LogP contribution >= 0.6 is 11.8 Å². The molecule has 0 bridgehead atoms. The van der Waals surface area contributed by atoms with Gasteiger partial charge in [0.2, 0.25) is 5.16 Å². The summed E-state index contributed by atoms with van der Waals surface area (Å²) in [7, 11) is 0. The third-order valence-electron chi connectivity index (χ3n) is 4.51. The Bertz CT molecular complexity index is 514. The first kappa shape index (κ1) is 11.8. The lowest BCUT2D eigenvalue weighted by atomic mass is 9.89. The fourth-order valence-electron chi connectivity index (χ4n) is 3.43. The fourth-order valence-corrected chi connectivity index (χ4v) is 4.48. The van der Waals surface area contributed by atoms with Crippen LogP contribution in [0.3, 0.4) is 0 Å². The van der Waals surface area contributed by atoms with Crippen LogP contribution in [0.25, 0.3) is 0 Å². The van der Waals surface area contributed by atoms with Gasteiger partial charge in [-0.2, -0.15) is 0 Å². The predicted molar refractivity (Wildman–Crippen MR) is 76.6 cm³/mol. The minimum absolute atomic E-state index is 0.605. The third-order valence-corrected chi connectivity index (χ3v) is 5.65. The van der Waals surface area contributed by atoms with Gasteiger partial charge in [-0.1, -0.05) is 31.0 Å². The molecule has 0 spiro atoms. The number of fused-ring (bicyclic) bond motifs is 1. The molecule has 1 saturated carbocycles. The molecule has 0 amide bonds. The number of aromatic nitrogens is 3. The van der Waals surface area contributed by atoms with Gasteiger partial charge in [0, 0.05) is 16.5 Å². The molecule has 0 saturated heterocycles. The molecule has 2 aliphatic carbocycles. The van der Waals surface area contributed by atoms with Gasteiger partial charge in [-0.3, -0.25) is 5.43 Å². The van der Waals surface area contributed by atoms with Crippen molar-refractivity contribution in [2.75, 3.05) is 5.43 Å². The molecule has 1 N–H and O–H groups in total. The Labute approximate surface area is 118 Å². The van der Waals surface area contributed by atoms with Gasteiger partial charge in [0.1, 0.15) is 0 Å². The van der Waals surface area contributed by atoms with Crippen molar-refractivity contribution in [2.24, 2.45) is 0 Å². The molecular weight excluding hydrogens is 256 g/mol. The second-order valence-corrected chi connectivity index (χ2v) is 6.90. The van der Waals surface area contributed by atoms with E-state index in [-0.39, 0.29) is 0 Å². The van der Waals surface area contributed by atoms with Crippen molar-refractivity contribution in [1.29, 1.82) is 0 Å². The van der Waals surface area contributed by atoms with Crippen molar-refractivity contribution in [2.45, 2.75) is 68.9 Å². The number of hydrogen-bond acceptors (Lipinski definition) is 4. The Hall–Kier alpha value is -0.970. The van der Waals surface area contributed by atoms with Crippen LogP contribution in [0.15, 0.2) is 15.8 Å². The van der Waals surface area contributed by atoms with Gasteiger partial charge >= 0.3 is 0 Å². The molecule has 19 heavy (non-hydrogen) atoms. The minimum atomic E-state index is 0.605. The van der Waals surface area contributed by atoms with Gasteiger partial charge < -0.3 is 0 Å². The van der Waals surface area contributed by atoms with Crippen molar-refractivity contribution >= 4 is 11.8 Å². The van der Waals surface area contributed by atoms with Crippen LogP contribution < -0.4 is 5.43 Å². The zero-order valence-electron chi connectivity index (χ0n) is 11.2. The van der Waals surface area contributed by atoms with Crippen LogP contribution in [0.4, 0.5) is 0 Å². The lowest BCUT2D eigenvalue weighted by Crippen LogP contribution is -2.25. The average Bonchev–Trinajstić information content (AvgIpc) is 2.88. The SMILES string of the molecule is C1CCC(c2nnc3n2NC2=C(CCCC2)S3)CC1. The van der Waals surface area contributed by atoms with Gasteiger partial charge in [0.15, 0.2) is 5.82 Å². The van der Waals surface area contributed by atoms with Crippen molar-refractivity contribution < 1.29 is 0 Å². The molecule has 4 nitrogen and oxygen atoms in total. The quantitative estimate of drug-likeness (QED) is 0.848. The second kappa shape index (κ2) is 4.85. The van der Waals surface area contributed by atoms with E-state index in [2.05, 4.69) is 20.3 Å². The summed E-state index contributed by atoms with van der Waals surface area (Å²) in [6, 6.07) is 0. The largest absolute Gasteiger partial charge is 0.294 e. The summed E-state index contributed by atoms with van der Waals surface area (Å²) in [6.45, 7) is 0. The summed E-state index contributed by atoms with van der Waals surface area (Å²) in [4.78, 5) is 1.49. The first-order chi connectivity index (χ1) is 9.42. The Morgan fingerprint density at radius 1 is 1.00 bits per heavy atom. The maximum atomic E-state index is 4.48. The van der Waals surface area contributed by atoms with Crippen molar-refractivity contribution in [3.05, 3.63) is 16.4 Å². The normalized spacial score (nSPS) is 23.8. The van der Waals surface area contributed by atoms with Crippen LogP contribution in [0.5, 0.6) is 0 Å². The van der Waals surface area contributed by atoms with E-state index in [1.54, 1.807) is 0 Å². The number of nitrogens with one attached hydrogen (secondary N) is 1. The predicted octanol–water partition coefficient (Wildman–Crippen LogP) is 3.76. The first-order valence-electron chi connectivity index (χ1n) is 7.54. The summed E-state index contributed by atoms with van der Waals surface area (Å²) in [5, 5.41) is 9.93. The Morgan fingerprint density at radius 2 is 1.84 bits per heavy atom. The molecule has 1 aromatic rings. The van der Waals surface area contributed by atoms with Crippen molar-refractivity contribution in [3.8, 4) is 0 Å². The van der Waals surface area contributed by atoms with E-state index in [0.717, 1.165) is 5.16 Å². The molecule has 0 aromatic carbocycles. The van der Waals surface area contributed by atoms with Crippen LogP contribution in [-0.2, 0) is 0 Å². The summed E-state index contributed by atoms with van der Waals surface area (Å²) in [5.74, 6) is 1.77. The first-order valence-corrected chi connectivity index (χ1v) is 8.36. The molecule has 5 heteroatoms. The van der Waals surface area contributed by atoms with E-state index in [4.69, 9.17) is 0 Å². The zero-order chi connectivity index (χ0) is 12.7. The Morgan fingerprint density at radius 3 is 2.74 bits per heavy atom. The molecule has 1 aromatic heterocycles. The number of rotatable bonds is 1. The van der Waals surface area contributed by atoms with E-state index < -0.39 is 0 Å². The van der Waals surface area contributed by atoms with Gasteiger partial charge in [-0.15, -0.1) is 10.2 Å². The molecule has 3 aliphatic rings. The van der Waals surface area contributed by atoms with Crippen molar-refractivity contribution in [1.82, 2.24) is 14.9 Å². The number of nitrogens with zero attached hydrogens (tertiary/aromatic N) is 3. The van der Waals surface area contributed by atoms with E-state index in [1.807, 2.05) is 11.8 Å². The van der Waals surface area contributed by atoms with E-state index in [1.165, 1.54) is 74.2 Å². The average molecular weight is 276 g/mol. The maximum Gasteiger partial charge on any atom is 0.214 e. The highest BCUT2D eigenvalue weighted by Gasteiger charge is 2.28. The van der Waals surface area contributed by atoms with Gasteiger partial charge in [0.05, 0.1) is 0 Å². The van der Waals surface area contributed by atoms with E-state index in [9.17, 15) is 0 Å². The van der Waals surface area contributed by atoms with Crippen LogP contribution in [0, 0.1) is 0 Å². The smallest absolute Gasteiger partial charge is 0.214 e. The fraction of sp³-hybridized carbons (Fsp3) is 0.714. The highest BCUT2D eigenvalue weighted by atomic mass is 32.2. The summed E-state index contributed by atoms with van der Waals surface area (Å²) < 4.78 is 2.17. The van der Waals surface area contributed by atoms with Gasteiger partial charge in [-0.25, -0.2) is 4.68 Å². The minimum Gasteiger partial charge on any atom is -0.294 e.